The first-order chi connectivity index (χ1) is 28.3. The molecule has 15 atom stereocenters. The Balaban J connectivity index is 1.14. The zero-order valence-corrected chi connectivity index (χ0v) is 34.5. The molecule has 0 amide bonds. The number of likely N-dealkylation sites (N-methyl/N-ethyl adjacent to an activating group) is 1. The number of phenolic OH excluding ortho intramolecular Hbond substituents is 3. The second-order valence-electron chi connectivity index (χ2n) is 16.8. The van der Waals surface area contributed by atoms with Crippen molar-refractivity contribution in [1.29, 1.82) is 0 Å². The van der Waals surface area contributed by atoms with Crippen LogP contribution in [0.4, 0.5) is 0 Å². The molecule has 5 aliphatic rings. The van der Waals surface area contributed by atoms with Crippen molar-refractivity contribution in [1.82, 2.24) is 4.90 Å². The van der Waals surface area contributed by atoms with Crippen molar-refractivity contribution in [3.05, 3.63) is 51.6 Å². The lowest BCUT2D eigenvalue weighted by atomic mass is 9.67. The Morgan fingerprint density at radius 3 is 1.92 bits per heavy atom. The summed E-state index contributed by atoms with van der Waals surface area (Å²) in [4.78, 5) is 43.2. The van der Waals surface area contributed by atoms with Gasteiger partial charge >= 0.3 is 5.97 Å². The molecular formula is C42H55NO17. The number of aliphatic hydroxyl groups is 4. The molecule has 3 saturated heterocycles. The lowest BCUT2D eigenvalue weighted by molar-refractivity contribution is -0.332. The number of methoxy groups -OCH3 is 1. The average Bonchev–Trinajstić information content (AvgIpc) is 3.18. The number of aliphatic hydroxyl groups excluding tert-OH is 3. The molecule has 0 saturated carbocycles. The van der Waals surface area contributed by atoms with E-state index in [2.05, 4.69) is 0 Å². The van der Waals surface area contributed by atoms with Gasteiger partial charge in [-0.1, -0.05) is 6.92 Å². The number of esters is 1. The van der Waals surface area contributed by atoms with Crippen LogP contribution in [0.2, 0.25) is 0 Å². The summed E-state index contributed by atoms with van der Waals surface area (Å²) in [6, 6.07) is 2.97. The predicted octanol–water partition coefficient (Wildman–Crippen LogP) is 1.63. The highest BCUT2D eigenvalue weighted by Gasteiger charge is 2.54. The molecule has 0 unspecified atom stereocenters. The normalized spacial score (nSPS) is 37.9. The number of aromatic hydroxyl groups is 3. The third kappa shape index (κ3) is 7.70. The number of benzene rings is 2. The van der Waals surface area contributed by atoms with Gasteiger partial charge in [0.25, 0.3) is 0 Å². The van der Waals surface area contributed by atoms with Gasteiger partial charge in [0.15, 0.2) is 24.7 Å². The van der Waals surface area contributed by atoms with E-state index < -0.39 is 137 Å². The number of fused-ring (bicyclic) bond motifs is 3. The van der Waals surface area contributed by atoms with Crippen LogP contribution in [0, 0.1) is 0 Å². The van der Waals surface area contributed by atoms with E-state index in [1.165, 1.54) is 6.07 Å². The standard InChI is InChI=1S/C42H55NO17/c1-8-42(53)15-26(30-19(34(42)41(52)54-7)11-20-31(37(30)50)38(51)33-23(45)10-9-22(44)32(33)36(20)49)58-27-12-21(43(5)6)39(17(3)56-27)59-29-14-25(47)40(18(4)57-29)60-28-13-24(46)35(48)16(2)55-28/h9-11,16-18,21,24-29,34-35,39-40,44-48,50,53H,8,12-15H2,1-7H3/t16-,17-,18-,21-,24-,25-,26-,27-,28-,29-,34+,35+,39+,40+,42+/m0/s1. The molecule has 0 spiro atoms. The van der Waals surface area contributed by atoms with Crippen molar-refractivity contribution in [2.75, 3.05) is 21.2 Å². The molecule has 0 bridgehead atoms. The highest BCUT2D eigenvalue weighted by atomic mass is 16.7. The fourth-order valence-corrected chi connectivity index (χ4v) is 9.51. The van der Waals surface area contributed by atoms with Gasteiger partial charge in [0, 0.05) is 42.9 Å². The zero-order valence-electron chi connectivity index (χ0n) is 34.5. The minimum atomic E-state index is -1.82. The summed E-state index contributed by atoms with van der Waals surface area (Å²) >= 11 is 0. The molecule has 330 valence electrons. The molecule has 60 heavy (non-hydrogen) atoms. The largest absolute Gasteiger partial charge is 0.507 e. The average molecular weight is 846 g/mol. The number of carbonyl (C=O) groups is 3. The topological polar surface area (TPSA) is 261 Å². The quantitative estimate of drug-likeness (QED) is 0.119. The summed E-state index contributed by atoms with van der Waals surface area (Å²) in [5, 5.41) is 76.8. The van der Waals surface area contributed by atoms with Crippen LogP contribution in [-0.2, 0) is 38.0 Å². The molecule has 18 nitrogen and oxygen atoms in total. The summed E-state index contributed by atoms with van der Waals surface area (Å²) in [5.41, 5.74) is -3.64. The van der Waals surface area contributed by atoms with Crippen molar-refractivity contribution in [2.24, 2.45) is 0 Å². The second-order valence-corrected chi connectivity index (χ2v) is 16.8. The molecule has 18 heteroatoms. The van der Waals surface area contributed by atoms with Crippen LogP contribution < -0.4 is 0 Å². The van der Waals surface area contributed by atoms with E-state index in [4.69, 9.17) is 33.2 Å². The third-order valence-corrected chi connectivity index (χ3v) is 12.8. The van der Waals surface area contributed by atoms with E-state index in [9.17, 15) is 50.1 Å². The highest BCUT2D eigenvalue weighted by molar-refractivity contribution is 6.31. The van der Waals surface area contributed by atoms with Gasteiger partial charge < -0.3 is 73.8 Å². The van der Waals surface area contributed by atoms with Gasteiger partial charge in [-0.3, -0.25) is 14.4 Å². The Bertz CT molecular complexity index is 1970. The number of hydrogen-bond acceptors (Lipinski definition) is 18. The van der Waals surface area contributed by atoms with E-state index in [0.29, 0.717) is 0 Å². The smallest absolute Gasteiger partial charge is 0.316 e. The van der Waals surface area contributed by atoms with Gasteiger partial charge in [-0.2, -0.15) is 0 Å². The number of rotatable bonds is 9. The van der Waals surface area contributed by atoms with Crippen molar-refractivity contribution in [3.8, 4) is 17.2 Å². The molecule has 7 rings (SSSR count). The van der Waals surface area contributed by atoms with Crippen molar-refractivity contribution in [2.45, 2.75) is 151 Å². The van der Waals surface area contributed by atoms with Crippen molar-refractivity contribution >= 4 is 17.5 Å². The molecule has 0 aromatic heterocycles. The van der Waals surface area contributed by atoms with E-state index in [-0.39, 0.29) is 54.8 Å². The Kier molecular flexibility index (Phi) is 12.4. The maximum Gasteiger partial charge on any atom is 0.316 e. The molecular weight excluding hydrogens is 790 g/mol. The Hall–Kier alpha value is -3.79. The van der Waals surface area contributed by atoms with Crippen LogP contribution in [0.5, 0.6) is 17.2 Å². The molecule has 3 fully saturated rings. The van der Waals surface area contributed by atoms with Gasteiger partial charge in [0.1, 0.15) is 41.5 Å². The van der Waals surface area contributed by atoms with Crippen LogP contribution in [0.1, 0.15) is 115 Å². The zero-order chi connectivity index (χ0) is 43.7. The number of ketones is 2. The fourth-order valence-electron chi connectivity index (χ4n) is 9.51. The molecule has 3 heterocycles. The minimum absolute atomic E-state index is 0.0140. The summed E-state index contributed by atoms with van der Waals surface area (Å²) in [6.45, 7) is 6.77. The first-order valence-corrected chi connectivity index (χ1v) is 20.3. The van der Waals surface area contributed by atoms with Crippen molar-refractivity contribution < 1.29 is 83.3 Å². The first-order valence-electron chi connectivity index (χ1n) is 20.3. The number of hydrogen-bond donors (Lipinski definition) is 7. The summed E-state index contributed by atoms with van der Waals surface area (Å²) < 4.78 is 42.5. The maximum atomic E-state index is 14.0. The number of ether oxygens (including phenoxy) is 7. The summed E-state index contributed by atoms with van der Waals surface area (Å²) in [6.07, 6.45) is -10.5. The van der Waals surface area contributed by atoms with E-state index >= 15 is 0 Å². The molecule has 7 N–H and O–H groups in total. The number of phenols is 3. The lowest BCUT2D eigenvalue weighted by Crippen LogP contribution is -2.58. The Morgan fingerprint density at radius 2 is 1.35 bits per heavy atom. The van der Waals surface area contributed by atoms with Crippen LogP contribution in [0.25, 0.3) is 0 Å². The minimum Gasteiger partial charge on any atom is -0.507 e. The monoisotopic (exact) mass is 845 g/mol. The number of nitrogens with zero attached hydrogens (tertiary/aromatic N) is 1. The van der Waals surface area contributed by atoms with Crippen LogP contribution in [0.15, 0.2) is 18.2 Å². The van der Waals surface area contributed by atoms with Crippen LogP contribution in [0.3, 0.4) is 0 Å². The third-order valence-electron chi connectivity index (χ3n) is 12.8. The summed E-state index contributed by atoms with van der Waals surface area (Å²) in [7, 11) is 4.82. The SMILES string of the molecule is CC[C@@]1(O)C[C@H](O[C@H]2C[C@H](N(C)C)[C@H](O[C@H]3C[C@H](O)[C@H](O[C@H]4C[C@H](O)[C@H](O)[C@H](C)O4)[C@H](C)O3)[C@H](C)O2)c2c(cc3c(c2O)C(=O)c2c(O)ccc(O)c2C3=O)[C@@H]1C(=O)OC. The second kappa shape index (κ2) is 16.8. The fraction of sp³-hybridized carbons (Fsp3) is 0.643. The predicted molar refractivity (Wildman–Crippen MR) is 205 cm³/mol. The van der Waals surface area contributed by atoms with E-state index in [0.717, 1.165) is 19.2 Å². The Labute approximate surface area is 346 Å². The maximum absolute atomic E-state index is 14.0. The lowest BCUT2D eigenvalue weighted by Gasteiger charge is -2.48. The Morgan fingerprint density at radius 1 is 0.800 bits per heavy atom. The van der Waals surface area contributed by atoms with E-state index in [1.54, 1.807) is 27.7 Å². The van der Waals surface area contributed by atoms with Gasteiger partial charge in [0.2, 0.25) is 5.78 Å². The molecule has 2 aromatic rings. The van der Waals surface area contributed by atoms with Gasteiger partial charge in [-0.15, -0.1) is 0 Å². The number of carbonyl (C=O) groups excluding carboxylic acids is 3. The molecule has 2 aromatic carbocycles. The van der Waals surface area contributed by atoms with Crippen molar-refractivity contribution in [3.63, 3.8) is 0 Å². The summed E-state index contributed by atoms with van der Waals surface area (Å²) in [5.74, 6) is -5.94. The molecule has 0 radical (unpaired) electrons. The van der Waals surface area contributed by atoms with Crippen LogP contribution >= 0.6 is 0 Å². The van der Waals surface area contributed by atoms with Gasteiger partial charge in [-0.25, -0.2) is 0 Å². The van der Waals surface area contributed by atoms with Gasteiger partial charge in [-0.05, 0) is 65.0 Å². The van der Waals surface area contributed by atoms with Gasteiger partial charge in [0.05, 0.1) is 66.0 Å². The molecule has 3 aliphatic heterocycles. The first kappa shape index (κ1) is 44.3. The van der Waals surface area contributed by atoms with Crippen LogP contribution in [-0.4, -0.2) is 159 Å². The molecule has 2 aliphatic carbocycles. The van der Waals surface area contributed by atoms with E-state index in [1.807, 2.05) is 19.0 Å². The highest BCUT2D eigenvalue weighted by Crippen LogP contribution is 2.54.